The fourth-order valence-electron chi connectivity index (χ4n) is 4.59. The van der Waals surface area contributed by atoms with Crippen LogP contribution in [0.25, 0.3) is 6.08 Å². The first-order valence-corrected chi connectivity index (χ1v) is 13.6. The van der Waals surface area contributed by atoms with Gasteiger partial charge >= 0.3 is 6.09 Å². The lowest BCUT2D eigenvalue weighted by Crippen LogP contribution is -2.50. The Morgan fingerprint density at radius 3 is 2.44 bits per heavy atom. The summed E-state index contributed by atoms with van der Waals surface area (Å²) in [4.78, 5) is 44.2. The number of thioether (sulfide) groups is 1. The number of aromatic nitrogens is 1. The Hall–Kier alpha value is -3.82. The zero-order chi connectivity index (χ0) is 28.3. The molecule has 10 nitrogen and oxygen atoms in total. The number of piperazine rings is 1. The van der Waals surface area contributed by atoms with Crippen molar-refractivity contribution in [2.75, 3.05) is 44.8 Å². The Balaban J connectivity index is 1.68. The number of benzene rings is 1. The van der Waals surface area contributed by atoms with E-state index < -0.39 is 5.56 Å². The topological polar surface area (TPSA) is 108 Å². The number of anilines is 1. The SMILES string of the molecule is CCOC(=O)N1CCN(c2c(/C=C3\SC(=S)N(Cc4ccc(OC)cc4)C3=O)c(C)c(C#N)c(=O)n2C)CC1. The molecule has 2 fully saturated rings. The molecule has 1 aromatic heterocycles. The Morgan fingerprint density at radius 1 is 1.18 bits per heavy atom. The molecule has 1 aromatic carbocycles. The molecule has 0 spiro atoms. The predicted molar refractivity (Wildman–Crippen MR) is 154 cm³/mol. The third-order valence-corrected chi connectivity index (χ3v) is 8.10. The van der Waals surface area contributed by atoms with E-state index in [1.54, 1.807) is 39.0 Å². The van der Waals surface area contributed by atoms with E-state index in [-0.39, 0.29) is 17.6 Å². The van der Waals surface area contributed by atoms with Crippen molar-refractivity contribution < 1.29 is 19.1 Å². The van der Waals surface area contributed by atoms with Gasteiger partial charge in [-0.15, -0.1) is 0 Å². The first kappa shape index (κ1) is 28.2. The van der Waals surface area contributed by atoms with E-state index in [1.807, 2.05) is 35.2 Å². The van der Waals surface area contributed by atoms with Gasteiger partial charge in [0.1, 0.15) is 27.5 Å². The number of nitrogens with zero attached hydrogens (tertiary/aromatic N) is 5. The highest BCUT2D eigenvalue weighted by Gasteiger charge is 2.34. The van der Waals surface area contributed by atoms with Gasteiger partial charge in [0.2, 0.25) is 0 Å². The molecule has 0 saturated carbocycles. The van der Waals surface area contributed by atoms with Crippen molar-refractivity contribution in [1.82, 2.24) is 14.4 Å². The molecular formula is C27H29N5O5S2. The van der Waals surface area contributed by atoms with Crippen LogP contribution < -0.4 is 15.2 Å². The molecule has 0 atom stereocenters. The van der Waals surface area contributed by atoms with Gasteiger partial charge in [0.25, 0.3) is 11.5 Å². The first-order chi connectivity index (χ1) is 18.7. The third-order valence-electron chi connectivity index (χ3n) is 6.72. The second-order valence-corrected chi connectivity index (χ2v) is 10.7. The van der Waals surface area contributed by atoms with Crippen molar-refractivity contribution in [1.29, 1.82) is 5.26 Å². The maximum absolute atomic E-state index is 13.5. The van der Waals surface area contributed by atoms with Gasteiger partial charge in [-0.25, -0.2) is 4.79 Å². The van der Waals surface area contributed by atoms with E-state index in [9.17, 15) is 19.6 Å². The number of amides is 2. The molecular weight excluding hydrogens is 538 g/mol. The predicted octanol–water partition coefficient (Wildman–Crippen LogP) is 3.25. The zero-order valence-corrected chi connectivity index (χ0v) is 23.9. The van der Waals surface area contributed by atoms with Crippen LogP contribution in [0.4, 0.5) is 10.6 Å². The van der Waals surface area contributed by atoms with Crippen LogP contribution in [0.1, 0.15) is 29.2 Å². The lowest BCUT2D eigenvalue weighted by atomic mass is 10.0. The molecule has 0 bridgehead atoms. The molecule has 39 heavy (non-hydrogen) atoms. The number of pyridine rings is 1. The molecule has 0 aliphatic carbocycles. The van der Waals surface area contributed by atoms with Crippen LogP contribution in [0, 0.1) is 18.3 Å². The smallest absolute Gasteiger partial charge is 0.409 e. The second-order valence-electron chi connectivity index (χ2n) is 9.00. The number of thiocarbonyl (C=S) groups is 1. The minimum absolute atomic E-state index is 0.0198. The van der Waals surface area contributed by atoms with Crippen LogP contribution in [0.5, 0.6) is 5.75 Å². The van der Waals surface area contributed by atoms with Crippen molar-refractivity contribution in [2.45, 2.75) is 20.4 Å². The van der Waals surface area contributed by atoms with Crippen LogP contribution >= 0.6 is 24.0 Å². The number of nitriles is 1. The maximum Gasteiger partial charge on any atom is 0.409 e. The van der Waals surface area contributed by atoms with E-state index in [1.165, 1.54) is 21.2 Å². The van der Waals surface area contributed by atoms with Crippen LogP contribution in [-0.2, 0) is 23.1 Å². The first-order valence-electron chi connectivity index (χ1n) is 12.4. The minimum Gasteiger partial charge on any atom is -0.497 e. The molecule has 2 amide bonds. The third kappa shape index (κ3) is 5.65. The number of ether oxygens (including phenoxy) is 2. The van der Waals surface area contributed by atoms with Crippen molar-refractivity contribution in [3.05, 3.63) is 61.8 Å². The number of hydrogen-bond acceptors (Lipinski definition) is 9. The highest BCUT2D eigenvalue weighted by atomic mass is 32.2. The molecule has 204 valence electrons. The highest BCUT2D eigenvalue weighted by molar-refractivity contribution is 8.26. The Bertz CT molecular complexity index is 1440. The van der Waals surface area contributed by atoms with Crippen molar-refractivity contribution in [2.24, 2.45) is 7.05 Å². The molecule has 0 unspecified atom stereocenters. The standard InChI is InChI=1S/C27H29N5O5S2/c1-5-37-26(35)31-12-10-30(11-13-31)23-20(17(2)21(15-28)24(33)29(23)3)14-22-25(34)32(27(38)39-22)16-18-6-8-19(36-4)9-7-18/h6-9,14H,5,10-13,16H2,1-4H3/b22-14-. The molecule has 2 saturated heterocycles. The van der Waals surface area contributed by atoms with Gasteiger partial charge in [0.15, 0.2) is 0 Å². The molecule has 4 rings (SSSR count). The fraction of sp³-hybridized carbons (Fsp3) is 0.370. The molecule has 12 heteroatoms. The molecule has 3 heterocycles. The lowest BCUT2D eigenvalue weighted by Gasteiger charge is -2.37. The van der Waals surface area contributed by atoms with E-state index in [0.29, 0.717) is 65.5 Å². The van der Waals surface area contributed by atoms with Crippen LogP contribution in [0.15, 0.2) is 34.0 Å². The Kier molecular flexibility index (Phi) is 8.62. The number of hydrogen-bond donors (Lipinski definition) is 0. The summed E-state index contributed by atoms with van der Waals surface area (Å²) in [5, 5.41) is 9.73. The number of carbonyl (C=O) groups is 2. The van der Waals surface area contributed by atoms with Gasteiger partial charge < -0.3 is 19.3 Å². The van der Waals surface area contributed by atoms with Crippen LogP contribution in [-0.4, -0.2) is 70.6 Å². The summed E-state index contributed by atoms with van der Waals surface area (Å²) >= 11 is 6.73. The summed E-state index contributed by atoms with van der Waals surface area (Å²) in [6.45, 7) is 5.81. The van der Waals surface area contributed by atoms with Gasteiger partial charge in [-0.2, -0.15) is 5.26 Å². The van der Waals surface area contributed by atoms with Gasteiger partial charge in [-0.1, -0.05) is 36.1 Å². The minimum atomic E-state index is -0.415. The normalized spacial score (nSPS) is 16.6. The molecule has 0 N–H and O–H groups in total. The largest absolute Gasteiger partial charge is 0.497 e. The lowest BCUT2D eigenvalue weighted by molar-refractivity contribution is -0.122. The zero-order valence-electron chi connectivity index (χ0n) is 22.2. The van der Waals surface area contributed by atoms with Gasteiger partial charge in [-0.05, 0) is 43.2 Å². The molecule has 2 aliphatic heterocycles. The van der Waals surface area contributed by atoms with Gasteiger partial charge in [0, 0.05) is 38.8 Å². The maximum atomic E-state index is 13.5. The molecule has 2 aromatic rings. The summed E-state index contributed by atoms with van der Waals surface area (Å²) in [6, 6.07) is 9.43. The quantitative estimate of drug-likeness (QED) is 0.384. The van der Waals surface area contributed by atoms with Gasteiger partial charge in [-0.3, -0.25) is 19.1 Å². The van der Waals surface area contributed by atoms with E-state index in [2.05, 4.69) is 0 Å². The summed E-state index contributed by atoms with van der Waals surface area (Å²) in [5.41, 5.74) is 1.60. The average Bonchev–Trinajstić information content (AvgIpc) is 3.20. The van der Waals surface area contributed by atoms with E-state index in [4.69, 9.17) is 21.7 Å². The fourth-order valence-corrected chi connectivity index (χ4v) is 5.83. The summed E-state index contributed by atoms with van der Waals surface area (Å²) in [6.07, 6.45) is 1.35. The summed E-state index contributed by atoms with van der Waals surface area (Å²) in [5.74, 6) is 1.06. The van der Waals surface area contributed by atoms with Crippen molar-refractivity contribution in [3.8, 4) is 11.8 Å². The second kappa shape index (κ2) is 11.9. The van der Waals surface area contributed by atoms with Crippen molar-refractivity contribution in [3.63, 3.8) is 0 Å². The monoisotopic (exact) mass is 567 g/mol. The highest BCUT2D eigenvalue weighted by Crippen LogP contribution is 2.36. The summed E-state index contributed by atoms with van der Waals surface area (Å²) < 4.78 is 12.2. The van der Waals surface area contributed by atoms with Crippen LogP contribution in [0.2, 0.25) is 0 Å². The van der Waals surface area contributed by atoms with Crippen LogP contribution in [0.3, 0.4) is 0 Å². The van der Waals surface area contributed by atoms with E-state index in [0.717, 1.165) is 11.3 Å². The van der Waals surface area contributed by atoms with Crippen molar-refractivity contribution >= 4 is 52.2 Å². The average molecular weight is 568 g/mol. The Morgan fingerprint density at radius 2 is 1.85 bits per heavy atom. The molecule has 0 radical (unpaired) electrons. The molecule has 2 aliphatic rings. The van der Waals surface area contributed by atoms with Gasteiger partial charge in [0.05, 0.1) is 25.2 Å². The summed E-state index contributed by atoms with van der Waals surface area (Å²) in [7, 11) is 3.21. The number of rotatable bonds is 6. The van der Waals surface area contributed by atoms with E-state index >= 15 is 0 Å². The Labute approximate surface area is 236 Å². The number of methoxy groups -OCH3 is 1. The number of carbonyl (C=O) groups excluding carboxylic acids is 2.